The molecule has 3 aromatic rings. The van der Waals surface area contributed by atoms with Gasteiger partial charge >= 0.3 is 0 Å². The molecule has 1 fully saturated rings. The third kappa shape index (κ3) is 4.12. The summed E-state index contributed by atoms with van der Waals surface area (Å²) >= 11 is 6.00. The van der Waals surface area contributed by atoms with Crippen molar-refractivity contribution in [2.24, 2.45) is 0 Å². The lowest BCUT2D eigenvalue weighted by molar-refractivity contribution is -0.00121. The molecule has 5 rings (SSSR count). The average Bonchev–Trinajstić information content (AvgIpc) is 3.24. The van der Waals surface area contributed by atoms with Gasteiger partial charge in [0.25, 0.3) is 5.91 Å². The SMILES string of the molecule is Cc1ccc(C)c(N2CCN(C(=O)c3cc4n(n3)C[C@@H](c3ccc(Cl)cc3)OC4)CC2)c1. The molecule has 0 radical (unpaired) electrons. The van der Waals surface area contributed by atoms with Crippen molar-refractivity contribution in [2.75, 3.05) is 31.1 Å². The Morgan fingerprint density at radius 3 is 2.53 bits per heavy atom. The first-order chi connectivity index (χ1) is 15.5. The van der Waals surface area contributed by atoms with Gasteiger partial charge in [0.05, 0.1) is 18.8 Å². The Morgan fingerprint density at radius 2 is 1.78 bits per heavy atom. The van der Waals surface area contributed by atoms with E-state index in [9.17, 15) is 4.79 Å². The number of benzene rings is 2. The zero-order valence-electron chi connectivity index (χ0n) is 18.4. The summed E-state index contributed by atoms with van der Waals surface area (Å²) in [6.07, 6.45) is -0.0938. The topological polar surface area (TPSA) is 50.6 Å². The van der Waals surface area contributed by atoms with Crippen LogP contribution in [0.15, 0.2) is 48.5 Å². The molecule has 166 valence electrons. The molecule has 3 heterocycles. The van der Waals surface area contributed by atoms with Gasteiger partial charge in [0.15, 0.2) is 5.69 Å². The fourth-order valence-corrected chi connectivity index (χ4v) is 4.61. The number of carbonyl (C=O) groups is 1. The summed E-state index contributed by atoms with van der Waals surface area (Å²) in [4.78, 5) is 17.4. The quantitative estimate of drug-likeness (QED) is 0.594. The number of hydrogen-bond acceptors (Lipinski definition) is 4. The van der Waals surface area contributed by atoms with Crippen molar-refractivity contribution < 1.29 is 9.53 Å². The lowest BCUT2D eigenvalue weighted by Crippen LogP contribution is -2.49. The van der Waals surface area contributed by atoms with Gasteiger partial charge in [0.1, 0.15) is 6.10 Å². The Bertz CT molecular complexity index is 1130. The Balaban J connectivity index is 1.25. The van der Waals surface area contributed by atoms with Crippen LogP contribution in [0.2, 0.25) is 5.02 Å². The summed E-state index contributed by atoms with van der Waals surface area (Å²) in [5.41, 5.74) is 6.29. The van der Waals surface area contributed by atoms with Crippen LogP contribution in [-0.4, -0.2) is 46.8 Å². The fourth-order valence-electron chi connectivity index (χ4n) is 4.48. The van der Waals surface area contributed by atoms with Gasteiger partial charge in [-0.05, 0) is 54.8 Å². The molecule has 1 saturated heterocycles. The second kappa shape index (κ2) is 8.60. The van der Waals surface area contributed by atoms with Crippen LogP contribution in [0.25, 0.3) is 0 Å². The molecule has 0 unspecified atom stereocenters. The molecule has 7 heteroatoms. The Morgan fingerprint density at radius 1 is 1.03 bits per heavy atom. The van der Waals surface area contributed by atoms with E-state index in [1.807, 2.05) is 39.9 Å². The van der Waals surface area contributed by atoms with Crippen LogP contribution in [0, 0.1) is 13.8 Å². The van der Waals surface area contributed by atoms with Crippen molar-refractivity contribution in [1.29, 1.82) is 0 Å². The lowest BCUT2D eigenvalue weighted by atomic mass is 10.1. The minimum absolute atomic E-state index is 0.00411. The maximum atomic E-state index is 13.1. The number of fused-ring (bicyclic) bond motifs is 1. The lowest BCUT2D eigenvalue weighted by Gasteiger charge is -2.36. The van der Waals surface area contributed by atoms with Gasteiger partial charge in [-0.25, -0.2) is 0 Å². The number of nitrogens with zero attached hydrogens (tertiary/aromatic N) is 4. The smallest absolute Gasteiger partial charge is 0.274 e. The number of amides is 1. The number of carbonyl (C=O) groups excluding carboxylic acids is 1. The minimum atomic E-state index is -0.0938. The van der Waals surface area contributed by atoms with E-state index in [-0.39, 0.29) is 12.0 Å². The van der Waals surface area contributed by atoms with E-state index in [1.54, 1.807) is 0 Å². The summed E-state index contributed by atoms with van der Waals surface area (Å²) in [5, 5.41) is 5.33. The van der Waals surface area contributed by atoms with Gasteiger partial charge in [-0.15, -0.1) is 0 Å². The van der Waals surface area contributed by atoms with E-state index in [2.05, 4.69) is 42.0 Å². The van der Waals surface area contributed by atoms with Crippen LogP contribution < -0.4 is 4.90 Å². The van der Waals surface area contributed by atoms with Crippen LogP contribution in [0.1, 0.15) is 39.0 Å². The number of rotatable bonds is 3. The highest BCUT2D eigenvalue weighted by Crippen LogP contribution is 2.28. The van der Waals surface area contributed by atoms with E-state index >= 15 is 0 Å². The summed E-state index contributed by atoms with van der Waals surface area (Å²) in [6, 6.07) is 16.1. The highest BCUT2D eigenvalue weighted by atomic mass is 35.5. The van der Waals surface area contributed by atoms with Crippen molar-refractivity contribution in [1.82, 2.24) is 14.7 Å². The molecular formula is C25H27ClN4O2. The molecule has 2 aliphatic heterocycles. The number of anilines is 1. The van der Waals surface area contributed by atoms with Crippen molar-refractivity contribution >= 4 is 23.2 Å². The van der Waals surface area contributed by atoms with Crippen LogP contribution in [0.4, 0.5) is 5.69 Å². The Hall–Kier alpha value is -2.83. The Labute approximate surface area is 193 Å². The molecule has 2 aliphatic rings. The number of halogens is 1. The predicted octanol–water partition coefficient (Wildman–Crippen LogP) is 4.39. The van der Waals surface area contributed by atoms with E-state index in [0.29, 0.717) is 37.0 Å². The average molecular weight is 451 g/mol. The summed E-state index contributed by atoms with van der Waals surface area (Å²) in [5.74, 6) is -0.00411. The molecule has 1 aromatic heterocycles. The summed E-state index contributed by atoms with van der Waals surface area (Å²) in [7, 11) is 0. The zero-order valence-corrected chi connectivity index (χ0v) is 19.2. The fraction of sp³-hybridized carbons (Fsp3) is 0.360. The molecule has 1 atom stereocenters. The van der Waals surface area contributed by atoms with Crippen molar-refractivity contribution in [3.05, 3.63) is 81.6 Å². The molecule has 32 heavy (non-hydrogen) atoms. The normalized spacial score (nSPS) is 18.5. The number of aromatic nitrogens is 2. The van der Waals surface area contributed by atoms with Crippen molar-refractivity contribution in [3.63, 3.8) is 0 Å². The number of aryl methyl sites for hydroxylation is 2. The van der Waals surface area contributed by atoms with Crippen LogP contribution in [0.5, 0.6) is 0 Å². The van der Waals surface area contributed by atoms with Gasteiger partial charge < -0.3 is 14.5 Å². The highest BCUT2D eigenvalue weighted by Gasteiger charge is 2.28. The molecule has 0 saturated carbocycles. The third-order valence-electron chi connectivity index (χ3n) is 6.37. The first-order valence-electron chi connectivity index (χ1n) is 11.0. The molecule has 2 aromatic carbocycles. The predicted molar refractivity (Wildman–Crippen MR) is 125 cm³/mol. The molecular weight excluding hydrogens is 424 g/mol. The largest absolute Gasteiger partial charge is 0.368 e. The van der Waals surface area contributed by atoms with Gasteiger partial charge in [0, 0.05) is 36.9 Å². The zero-order chi connectivity index (χ0) is 22.2. The molecule has 0 N–H and O–H groups in total. The first kappa shape index (κ1) is 21.0. The molecule has 0 aliphatic carbocycles. The van der Waals surface area contributed by atoms with E-state index in [4.69, 9.17) is 16.3 Å². The monoisotopic (exact) mass is 450 g/mol. The van der Waals surface area contributed by atoms with Crippen LogP contribution in [0.3, 0.4) is 0 Å². The maximum absolute atomic E-state index is 13.1. The molecule has 1 amide bonds. The number of piperazine rings is 1. The molecule has 0 bridgehead atoms. The number of ether oxygens (including phenoxy) is 1. The van der Waals surface area contributed by atoms with Gasteiger partial charge in [0.2, 0.25) is 0 Å². The second-order valence-electron chi connectivity index (χ2n) is 8.62. The van der Waals surface area contributed by atoms with Gasteiger partial charge in [-0.3, -0.25) is 9.48 Å². The third-order valence-corrected chi connectivity index (χ3v) is 6.62. The van der Waals surface area contributed by atoms with Crippen LogP contribution >= 0.6 is 11.6 Å². The van der Waals surface area contributed by atoms with Crippen molar-refractivity contribution in [3.8, 4) is 0 Å². The highest BCUT2D eigenvalue weighted by molar-refractivity contribution is 6.30. The van der Waals surface area contributed by atoms with Gasteiger partial charge in [-0.2, -0.15) is 5.10 Å². The van der Waals surface area contributed by atoms with Gasteiger partial charge in [-0.1, -0.05) is 35.9 Å². The second-order valence-corrected chi connectivity index (χ2v) is 9.06. The molecule has 6 nitrogen and oxygen atoms in total. The molecule has 0 spiro atoms. The van der Waals surface area contributed by atoms with E-state index < -0.39 is 0 Å². The van der Waals surface area contributed by atoms with Crippen molar-refractivity contribution in [2.45, 2.75) is 33.1 Å². The summed E-state index contributed by atoms with van der Waals surface area (Å²) in [6.45, 7) is 8.32. The number of hydrogen-bond donors (Lipinski definition) is 0. The van der Waals surface area contributed by atoms with E-state index in [0.717, 1.165) is 24.3 Å². The summed E-state index contributed by atoms with van der Waals surface area (Å²) < 4.78 is 7.92. The first-order valence-corrected chi connectivity index (χ1v) is 11.4. The maximum Gasteiger partial charge on any atom is 0.274 e. The standard InChI is InChI=1S/C25H27ClN4O2/c1-17-3-4-18(2)23(13-17)28-9-11-29(12-10-28)25(31)22-14-21-16-32-24(15-30(21)27-22)19-5-7-20(26)8-6-19/h3-8,13-14,24H,9-12,15-16H2,1-2H3/t24-/m0/s1. The minimum Gasteiger partial charge on any atom is -0.368 e. The Kier molecular flexibility index (Phi) is 5.66. The van der Waals surface area contributed by atoms with Crippen LogP contribution in [-0.2, 0) is 17.9 Å². The van der Waals surface area contributed by atoms with E-state index in [1.165, 1.54) is 16.8 Å².